The molecule has 1 aromatic rings. The number of aromatic nitrogens is 1. The highest BCUT2D eigenvalue weighted by Gasteiger charge is 2.39. The first-order chi connectivity index (χ1) is 10.9. The van der Waals surface area contributed by atoms with Gasteiger partial charge in [-0.1, -0.05) is 11.6 Å². The summed E-state index contributed by atoms with van der Waals surface area (Å²) in [6.07, 6.45) is -5.49. The SMILES string of the molecule is Cc1cc(C(F)(F)F)nc(Cl)c1C(=O)N1CCC(C)(NC(=O)O)C1. The van der Waals surface area contributed by atoms with Gasteiger partial charge in [0.2, 0.25) is 0 Å². The number of pyridine rings is 1. The molecule has 2 amide bonds. The Bertz CT molecular complexity index is 673. The number of halogens is 4. The van der Waals surface area contributed by atoms with Crippen molar-refractivity contribution in [1.82, 2.24) is 15.2 Å². The Balaban J connectivity index is 2.27. The maximum absolute atomic E-state index is 12.7. The highest BCUT2D eigenvalue weighted by atomic mass is 35.5. The molecule has 0 radical (unpaired) electrons. The second-order valence-electron chi connectivity index (χ2n) is 5.96. The number of alkyl halides is 3. The Morgan fingerprint density at radius 2 is 2.08 bits per heavy atom. The Hall–Kier alpha value is -2.03. The van der Waals surface area contributed by atoms with Crippen molar-refractivity contribution >= 4 is 23.6 Å². The highest BCUT2D eigenvalue weighted by molar-refractivity contribution is 6.32. The van der Waals surface area contributed by atoms with Gasteiger partial charge >= 0.3 is 12.3 Å². The summed E-state index contributed by atoms with van der Waals surface area (Å²) in [5.41, 5.74) is -2.03. The molecule has 6 nitrogen and oxygen atoms in total. The molecule has 132 valence electrons. The van der Waals surface area contributed by atoms with E-state index in [-0.39, 0.29) is 24.2 Å². The minimum Gasteiger partial charge on any atom is -0.465 e. The Morgan fingerprint density at radius 3 is 2.58 bits per heavy atom. The fraction of sp³-hybridized carbons (Fsp3) is 0.500. The van der Waals surface area contributed by atoms with Crippen molar-refractivity contribution in [2.45, 2.75) is 32.0 Å². The topological polar surface area (TPSA) is 82.5 Å². The van der Waals surface area contributed by atoms with Crippen LogP contribution in [-0.2, 0) is 6.18 Å². The monoisotopic (exact) mass is 365 g/mol. The number of likely N-dealkylation sites (tertiary alicyclic amines) is 1. The minimum absolute atomic E-state index is 0.0621. The van der Waals surface area contributed by atoms with E-state index in [1.165, 1.54) is 11.8 Å². The van der Waals surface area contributed by atoms with E-state index >= 15 is 0 Å². The molecule has 24 heavy (non-hydrogen) atoms. The number of carbonyl (C=O) groups excluding carboxylic acids is 1. The Morgan fingerprint density at radius 1 is 1.46 bits per heavy atom. The van der Waals surface area contributed by atoms with Crippen LogP contribution in [0.15, 0.2) is 6.07 Å². The van der Waals surface area contributed by atoms with Gasteiger partial charge in [0.15, 0.2) is 0 Å². The van der Waals surface area contributed by atoms with Crippen LogP contribution in [0.4, 0.5) is 18.0 Å². The summed E-state index contributed by atoms with van der Waals surface area (Å²) in [6, 6.07) is 0.768. The fourth-order valence-corrected chi connectivity index (χ4v) is 3.01. The number of carboxylic acid groups (broad SMARTS) is 1. The van der Waals surface area contributed by atoms with Crippen LogP contribution in [0.5, 0.6) is 0 Å². The van der Waals surface area contributed by atoms with Crippen molar-refractivity contribution in [2.24, 2.45) is 0 Å². The molecule has 0 aromatic carbocycles. The normalized spacial score (nSPS) is 21.0. The Kier molecular flexibility index (Phi) is 4.67. The molecule has 10 heteroatoms. The first-order valence-electron chi connectivity index (χ1n) is 6.98. The van der Waals surface area contributed by atoms with E-state index in [0.29, 0.717) is 6.42 Å². The lowest BCUT2D eigenvalue weighted by Crippen LogP contribution is -2.48. The number of hydrogen-bond donors (Lipinski definition) is 2. The summed E-state index contributed by atoms with van der Waals surface area (Å²) < 4.78 is 38.2. The molecule has 2 heterocycles. The van der Waals surface area contributed by atoms with E-state index < -0.39 is 34.6 Å². The van der Waals surface area contributed by atoms with Crippen LogP contribution in [0.3, 0.4) is 0 Å². The van der Waals surface area contributed by atoms with Gasteiger partial charge in [-0.25, -0.2) is 9.78 Å². The molecule has 1 aliphatic heterocycles. The van der Waals surface area contributed by atoms with E-state index in [2.05, 4.69) is 10.3 Å². The molecule has 1 fully saturated rings. The molecule has 1 aromatic heterocycles. The third-order valence-corrected chi connectivity index (χ3v) is 4.12. The van der Waals surface area contributed by atoms with Gasteiger partial charge < -0.3 is 15.3 Å². The quantitative estimate of drug-likeness (QED) is 0.789. The zero-order valence-electron chi connectivity index (χ0n) is 12.9. The molecule has 1 unspecified atom stereocenters. The second-order valence-corrected chi connectivity index (χ2v) is 6.31. The fourth-order valence-electron chi connectivity index (χ4n) is 2.69. The van der Waals surface area contributed by atoms with Crippen molar-refractivity contribution < 1.29 is 27.9 Å². The van der Waals surface area contributed by atoms with Gasteiger partial charge in [0.25, 0.3) is 5.91 Å². The summed E-state index contributed by atoms with van der Waals surface area (Å²) in [5.74, 6) is -0.574. The van der Waals surface area contributed by atoms with Gasteiger partial charge in [-0.15, -0.1) is 0 Å². The van der Waals surface area contributed by atoms with Crippen molar-refractivity contribution in [3.05, 3.63) is 28.0 Å². The van der Waals surface area contributed by atoms with Gasteiger partial charge in [0.1, 0.15) is 10.8 Å². The number of hydrogen-bond acceptors (Lipinski definition) is 3. The van der Waals surface area contributed by atoms with E-state index in [9.17, 15) is 22.8 Å². The largest absolute Gasteiger partial charge is 0.465 e. The third-order valence-electron chi connectivity index (χ3n) is 3.85. The summed E-state index contributed by atoms with van der Waals surface area (Å²) >= 11 is 5.80. The lowest BCUT2D eigenvalue weighted by atomic mass is 10.0. The zero-order valence-corrected chi connectivity index (χ0v) is 13.6. The van der Waals surface area contributed by atoms with Gasteiger partial charge in [-0.05, 0) is 31.9 Å². The lowest BCUT2D eigenvalue weighted by Gasteiger charge is -2.25. The van der Waals surface area contributed by atoms with Crippen molar-refractivity contribution in [1.29, 1.82) is 0 Å². The van der Waals surface area contributed by atoms with Gasteiger partial charge in [0.05, 0.1) is 11.1 Å². The summed E-state index contributed by atoms with van der Waals surface area (Å²) in [4.78, 5) is 28.0. The van der Waals surface area contributed by atoms with E-state index in [0.717, 1.165) is 6.07 Å². The first kappa shape index (κ1) is 18.3. The molecule has 0 bridgehead atoms. The number of carbonyl (C=O) groups is 2. The molecular weight excluding hydrogens is 351 g/mol. The first-order valence-corrected chi connectivity index (χ1v) is 7.35. The lowest BCUT2D eigenvalue weighted by molar-refractivity contribution is -0.141. The van der Waals surface area contributed by atoms with Crippen LogP contribution >= 0.6 is 11.6 Å². The van der Waals surface area contributed by atoms with Crippen LogP contribution in [0.1, 0.15) is 35.0 Å². The van der Waals surface area contributed by atoms with Crippen molar-refractivity contribution in [2.75, 3.05) is 13.1 Å². The average molecular weight is 366 g/mol. The number of nitrogens with zero attached hydrogens (tertiary/aromatic N) is 2. The molecule has 2 N–H and O–H groups in total. The average Bonchev–Trinajstić information content (AvgIpc) is 2.77. The van der Waals surface area contributed by atoms with Crippen LogP contribution in [-0.4, -0.2) is 45.6 Å². The maximum atomic E-state index is 12.7. The number of amides is 2. The van der Waals surface area contributed by atoms with E-state index in [1.54, 1.807) is 6.92 Å². The molecule has 1 saturated heterocycles. The van der Waals surface area contributed by atoms with Crippen LogP contribution < -0.4 is 5.32 Å². The number of nitrogens with one attached hydrogen (secondary N) is 1. The van der Waals surface area contributed by atoms with Crippen LogP contribution in [0.25, 0.3) is 0 Å². The van der Waals surface area contributed by atoms with Gasteiger partial charge in [-0.3, -0.25) is 4.79 Å². The minimum atomic E-state index is -4.66. The molecular formula is C14H15ClF3N3O3. The van der Waals surface area contributed by atoms with Crippen LogP contribution in [0, 0.1) is 6.92 Å². The van der Waals surface area contributed by atoms with E-state index in [4.69, 9.17) is 16.7 Å². The molecule has 2 rings (SSSR count). The zero-order chi connectivity index (χ0) is 18.3. The summed E-state index contributed by atoms with van der Waals surface area (Å²) in [6.45, 7) is 3.34. The molecule has 0 aliphatic carbocycles. The predicted molar refractivity (Wildman–Crippen MR) is 79.1 cm³/mol. The predicted octanol–water partition coefficient (Wildman–Crippen LogP) is 2.93. The third kappa shape index (κ3) is 3.72. The maximum Gasteiger partial charge on any atom is 0.433 e. The molecule has 1 aliphatic rings. The van der Waals surface area contributed by atoms with E-state index in [1.807, 2.05) is 0 Å². The smallest absolute Gasteiger partial charge is 0.433 e. The molecule has 0 saturated carbocycles. The molecule has 0 spiro atoms. The second kappa shape index (κ2) is 6.12. The van der Waals surface area contributed by atoms with Crippen LogP contribution in [0.2, 0.25) is 5.15 Å². The van der Waals surface area contributed by atoms with Gasteiger partial charge in [0, 0.05) is 13.1 Å². The standard InChI is InChI=1S/C14H15ClF3N3O3/c1-7-5-8(14(16,17)18)19-10(15)9(7)11(22)21-4-3-13(2,6-21)20-12(23)24/h5,20H,3-4,6H2,1-2H3,(H,23,24). The number of aryl methyl sites for hydroxylation is 1. The summed E-state index contributed by atoms with van der Waals surface area (Å²) in [7, 11) is 0. The van der Waals surface area contributed by atoms with Crippen molar-refractivity contribution in [3.63, 3.8) is 0 Å². The van der Waals surface area contributed by atoms with Gasteiger partial charge in [-0.2, -0.15) is 13.2 Å². The van der Waals surface area contributed by atoms with Crippen molar-refractivity contribution in [3.8, 4) is 0 Å². The number of rotatable bonds is 2. The highest BCUT2D eigenvalue weighted by Crippen LogP contribution is 2.32. The molecule has 1 atom stereocenters. The summed E-state index contributed by atoms with van der Waals surface area (Å²) in [5, 5.41) is 10.6. The Labute approximate surface area is 140 Å².